The highest BCUT2D eigenvalue weighted by molar-refractivity contribution is 7.80. The van der Waals surface area contributed by atoms with E-state index in [2.05, 4.69) is 115 Å². The molecule has 13 atom stereocenters. The predicted molar refractivity (Wildman–Crippen MR) is 470 cm³/mol. The van der Waals surface area contributed by atoms with Gasteiger partial charge in [0.25, 0.3) is 0 Å². The number of rotatable bonds is 59. The molecule has 47 nitrogen and oxygen atoms in total. The van der Waals surface area contributed by atoms with Crippen LogP contribution in [0.2, 0.25) is 0 Å². The Hall–Kier alpha value is -13.7. The molecule has 33 N–H and O–H groups in total. The molecule has 5 rings (SSSR count). The van der Waals surface area contributed by atoms with Gasteiger partial charge in [-0.2, -0.15) is 25.3 Å². The number of carboxylic acids is 1. The minimum absolute atomic E-state index is 0.0884. The molecule has 0 aliphatic heterocycles. The number of aliphatic hydroxyl groups excluding tert-OH is 1. The Bertz CT molecular complexity index is 4780. The number of hydrogen-bond acceptors (Lipinski definition) is 26. The number of carboxylic acid groups (broad SMARTS) is 1. The van der Waals surface area contributed by atoms with Crippen molar-refractivity contribution >= 4 is 165 Å². The van der Waals surface area contributed by atoms with Crippen molar-refractivity contribution in [3.8, 4) is 5.75 Å². The number of guanidine groups is 1. The average Bonchev–Trinajstić information content (AvgIpc) is 1.70. The first-order valence-electron chi connectivity index (χ1n) is 40.8. The number of thiol groups is 2. The highest BCUT2D eigenvalue weighted by atomic mass is 32.1. The quantitative estimate of drug-likeness (QED) is 0.00744. The molecule has 2 aromatic heterocycles. The van der Waals surface area contributed by atoms with Gasteiger partial charge in [0.05, 0.1) is 25.7 Å². The lowest BCUT2D eigenvalue weighted by Gasteiger charge is -2.29. The van der Waals surface area contributed by atoms with Crippen molar-refractivity contribution in [1.29, 1.82) is 5.41 Å². The maximum atomic E-state index is 15.3. The SMILES string of the molecule is CC(=O)N[C@@H](CS)C(=O)N[C@@H](CCC(N)=O)C(=O)N[C@H](C(=O)N[C@@H](Cc1c[nH]c2ccccc12)C(=O)N[C@@H](CCC(N)=O)C(=O)N[C@@H](CS)C(=O)N[C@@H](Cc1ccc(O)cc1)C(=O)N[C@@H](Cc1c[nH]c2ccccc12)C(=O)N[C@H](CCCNC(=N)N)C(=O)N[C@H](CCC(=O)O)C(=O)N[C@@H](CC(N)=O)C(=O)NCC(=O)NCCOCC(=O)N[C@H](CCCCN)C(N)=O)[C@@H](C)O. The van der Waals surface area contributed by atoms with Crippen LogP contribution in [0.3, 0.4) is 0 Å². The Kier molecular flexibility index (Phi) is 44.6. The number of aliphatic carboxylic acids is 1. The van der Waals surface area contributed by atoms with Crippen LogP contribution in [0.15, 0.2) is 85.2 Å². The van der Waals surface area contributed by atoms with E-state index in [0.717, 1.165) is 13.8 Å². The van der Waals surface area contributed by atoms with Gasteiger partial charge >= 0.3 is 5.97 Å². The van der Waals surface area contributed by atoms with Gasteiger partial charge in [-0.1, -0.05) is 48.5 Å². The highest BCUT2D eigenvalue weighted by Crippen LogP contribution is 2.23. The third-order valence-corrected chi connectivity index (χ3v) is 20.4. The molecule has 0 unspecified atom stereocenters. The van der Waals surface area contributed by atoms with Crippen LogP contribution in [0, 0.1) is 5.41 Å². The molecule has 0 saturated carbocycles. The van der Waals surface area contributed by atoms with Gasteiger partial charge < -0.3 is 144 Å². The summed E-state index contributed by atoms with van der Waals surface area (Å²) in [5.41, 5.74) is 35.0. The van der Waals surface area contributed by atoms with E-state index in [4.69, 9.17) is 44.5 Å². The molecule has 0 bridgehead atoms. The Morgan fingerprint density at radius 1 is 0.442 bits per heavy atom. The highest BCUT2D eigenvalue weighted by Gasteiger charge is 2.39. The van der Waals surface area contributed by atoms with E-state index in [1.165, 1.54) is 36.7 Å². The van der Waals surface area contributed by atoms with Gasteiger partial charge in [0.1, 0.15) is 84.9 Å². The summed E-state index contributed by atoms with van der Waals surface area (Å²) in [4.78, 5) is 264. The third-order valence-electron chi connectivity index (χ3n) is 19.6. The van der Waals surface area contributed by atoms with Crippen molar-refractivity contribution < 1.29 is 111 Å². The molecule has 0 saturated heterocycles. The van der Waals surface area contributed by atoms with Gasteiger partial charge in [-0.3, -0.25) is 96.5 Å². The summed E-state index contributed by atoms with van der Waals surface area (Å²) < 4.78 is 5.26. The number of phenols is 1. The molecule has 0 fully saturated rings. The first kappa shape index (κ1) is 106. The number of H-pyrrole nitrogens is 2. The number of primary amides is 4. The van der Waals surface area contributed by atoms with Crippen molar-refractivity contribution in [2.24, 2.45) is 34.4 Å². The van der Waals surface area contributed by atoms with Gasteiger partial charge in [-0.25, -0.2) is 0 Å². The Morgan fingerprint density at radius 3 is 1.33 bits per heavy atom. The van der Waals surface area contributed by atoms with Crippen LogP contribution in [0.1, 0.15) is 108 Å². The van der Waals surface area contributed by atoms with E-state index in [9.17, 15) is 96.8 Å². The van der Waals surface area contributed by atoms with Crippen molar-refractivity contribution in [3.63, 3.8) is 0 Å². The summed E-state index contributed by atoms with van der Waals surface area (Å²) in [6, 6.07) is -1.43. The van der Waals surface area contributed by atoms with Crippen molar-refractivity contribution in [1.82, 2.24) is 89.7 Å². The van der Waals surface area contributed by atoms with Crippen molar-refractivity contribution in [2.45, 2.75) is 189 Å². The number of aromatic nitrogens is 2. The maximum Gasteiger partial charge on any atom is 0.303 e. The number of hydrogen-bond donors (Lipinski definition) is 29. The number of aromatic hydroxyl groups is 1. The number of carbonyl (C=O) groups excluding carboxylic acids is 18. The van der Waals surface area contributed by atoms with Gasteiger partial charge in [0.2, 0.25) is 106 Å². The molecular formula is C80H114N24O23S2. The largest absolute Gasteiger partial charge is 0.508 e. The molecule has 2 heterocycles. The monoisotopic (exact) mass is 1840 g/mol. The van der Waals surface area contributed by atoms with Crippen LogP contribution < -0.4 is 114 Å². The first-order chi connectivity index (χ1) is 61.2. The number of benzene rings is 3. The molecule has 0 spiro atoms. The normalized spacial score (nSPS) is 14.1. The fourth-order valence-corrected chi connectivity index (χ4v) is 13.4. The van der Waals surface area contributed by atoms with E-state index in [1.807, 2.05) is 0 Å². The molecule has 5 aromatic rings. The number of carbonyl (C=O) groups is 19. The number of nitrogens with two attached hydrogens (primary N) is 6. The number of ether oxygens (including phenoxy) is 1. The van der Waals surface area contributed by atoms with Gasteiger partial charge in [-0.05, 0) is 106 Å². The number of amides is 18. The Labute approximate surface area is 749 Å². The molecule has 704 valence electrons. The zero-order valence-corrected chi connectivity index (χ0v) is 72.5. The van der Waals surface area contributed by atoms with E-state index < -0.39 is 280 Å². The molecule has 49 heteroatoms. The van der Waals surface area contributed by atoms with Crippen LogP contribution in [0.5, 0.6) is 5.75 Å². The lowest BCUT2D eigenvalue weighted by atomic mass is 10.0. The molecule has 18 amide bonds. The number of phenolic OH excluding ortho intramolecular Hbond substituents is 1. The maximum absolute atomic E-state index is 15.3. The smallest absolute Gasteiger partial charge is 0.303 e. The standard InChI is InChI=1S/C80H114N24O23S2/c1-40(105)67(104-73(120)53(21-24-62(83)109)98-77(124)59(38-128)93-41(2)106)79(126)102-57(32-44-35-91-49-13-6-4-11-47(44)49)76(123)97-52(20-23-61(82)108)72(119)103-60(39-129)78(125)99-55(30-42-16-18-45(107)19-17-42)74(121)100-56(31-43-34-90-48-12-5-3-10-46(43)48)75(122)95-51(15-9-27-89-80(86)87)70(117)96-54(22-25-66(113)114)71(118)101-58(33-63(84)110)69(116)92-36-64(111)88-28-29-127-37-65(112)94-50(68(85)115)14-7-8-26-81/h3-6,10-13,16-19,34-35,40,50-60,67,90-91,105,107,128-129H,7-9,14-15,20-33,36-39,81H2,1-2H3,(H2,82,108)(H2,83,109)(H2,84,110)(H2,85,115)(H,88,111)(H,92,116)(H,93,106)(H,94,112)(H,95,122)(H,96,117)(H,97,123)(H,98,124)(H,99,125)(H,100,121)(H,101,118)(H,102,126)(H,103,119)(H,104,120)(H,113,114)(H4,86,87,89)/t40-,50-,51-,52+,53+,54-,55+,56+,57+,58+,59+,60+,67+/m1/s1. The van der Waals surface area contributed by atoms with Crippen molar-refractivity contribution in [3.05, 3.63) is 102 Å². The van der Waals surface area contributed by atoms with E-state index in [1.54, 1.807) is 48.5 Å². The second-order valence-corrected chi connectivity index (χ2v) is 30.6. The van der Waals surface area contributed by atoms with Gasteiger partial charge in [0.15, 0.2) is 5.96 Å². The van der Waals surface area contributed by atoms with E-state index in [-0.39, 0.29) is 56.0 Å². The number of unbranched alkanes of at least 4 members (excludes halogenated alkanes) is 1. The molecule has 129 heavy (non-hydrogen) atoms. The third kappa shape index (κ3) is 37.4. The molecule has 0 radical (unpaired) electrons. The summed E-state index contributed by atoms with van der Waals surface area (Å²) in [5, 5.41) is 76.6. The van der Waals surface area contributed by atoms with E-state index in [0.29, 0.717) is 52.3 Å². The summed E-state index contributed by atoms with van der Waals surface area (Å²) in [6.07, 6.45) is -3.65. The van der Waals surface area contributed by atoms with E-state index >= 15 is 9.59 Å². The average molecular weight is 1840 g/mol. The van der Waals surface area contributed by atoms with Crippen LogP contribution in [0.4, 0.5) is 0 Å². The fraction of sp³-hybridized carbons (Fsp3) is 0.475. The summed E-state index contributed by atoms with van der Waals surface area (Å²) in [5.74, 6) is -21.6. The second kappa shape index (κ2) is 54.4. The van der Waals surface area contributed by atoms with Crippen LogP contribution in [0.25, 0.3) is 21.8 Å². The topological polar surface area (TPSA) is 786 Å². The molecular weight excluding hydrogens is 1730 g/mol. The summed E-state index contributed by atoms with van der Waals surface area (Å²) in [7, 11) is 0. The van der Waals surface area contributed by atoms with Gasteiger partial charge in [-0.15, -0.1) is 0 Å². The lowest BCUT2D eigenvalue weighted by molar-refractivity contribution is -0.139. The number of para-hydroxylation sites is 2. The minimum atomic E-state index is -1.94. The fourth-order valence-electron chi connectivity index (χ4n) is 12.9. The Balaban J connectivity index is 1.44. The van der Waals surface area contributed by atoms with Crippen LogP contribution in [-0.2, 0) is 115 Å². The number of aliphatic hydroxyl groups is 1. The summed E-state index contributed by atoms with van der Waals surface area (Å²) >= 11 is 8.44. The van der Waals surface area contributed by atoms with Crippen LogP contribution >= 0.6 is 25.3 Å². The molecule has 0 aliphatic rings. The first-order valence-corrected chi connectivity index (χ1v) is 42.1. The zero-order valence-electron chi connectivity index (χ0n) is 70.7. The number of nitrogens with one attached hydrogen (secondary N) is 18. The minimum Gasteiger partial charge on any atom is -0.508 e. The molecule has 0 aliphatic carbocycles. The predicted octanol–water partition coefficient (Wildman–Crippen LogP) is -8.14. The van der Waals surface area contributed by atoms with Crippen LogP contribution in [-0.4, -0.2) is 273 Å². The lowest BCUT2D eigenvalue weighted by Crippen LogP contribution is -2.62. The summed E-state index contributed by atoms with van der Waals surface area (Å²) in [6.45, 7) is 0.722. The zero-order chi connectivity index (χ0) is 95.6. The molecule has 3 aromatic carbocycles. The van der Waals surface area contributed by atoms with Crippen molar-refractivity contribution in [2.75, 3.05) is 50.9 Å². The number of aromatic amines is 2. The van der Waals surface area contributed by atoms with Gasteiger partial charge in [0, 0.05) is 104 Å². The Morgan fingerprint density at radius 2 is 0.868 bits per heavy atom. The number of fused-ring (bicyclic) bond motifs is 2. The second-order valence-electron chi connectivity index (χ2n) is 29.9.